The van der Waals surface area contributed by atoms with Crippen LogP contribution in [0.25, 0.3) is 10.1 Å². The zero-order chi connectivity index (χ0) is 19.2. The molecule has 4 nitrogen and oxygen atoms in total. The third-order valence-electron chi connectivity index (χ3n) is 5.07. The Morgan fingerprint density at radius 2 is 2.00 bits per heavy atom. The highest BCUT2D eigenvalue weighted by molar-refractivity contribution is 7.13. The molecule has 2 aromatic carbocycles. The third-order valence-corrected chi connectivity index (χ3v) is 5.88. The minimum Gasteiger partial charge on any atom is -0.494 e. The second-order valence-corrected chi connectivity index (χ2v) is 8.09. The van der Waals surface area contributed by atoms with E-state index in [-0.39, 0.29) is 5.82 Å². The molecule has 1 saturated heterocycles. The molecule has 1 aliphatic rings. The monoisotopic (exact) mass is 399 g/mol. The van der Waals surface area contributed by atoms with Crippen molar-refractivity contribution < 1.29 is 9.13 Å². The summed E-state index contributed by atoms with van der Waals surface area (Å²) in [5.74, 6) is 1.53. The molecule has 1 fully saturated rings. The van der Waals surface area contributed by atoms with E-state index in [1.807, 2.05) is 6.07 Å². The van der Waals surface area contributed by atoms with Gasteiger partial charge >= 0.3 is 0 Å². The van der Waals surface area contributed by atoms with Crippen molar-refractivity contribution in [3.8, 4) is 5.75 Å². The highest BCUT2D eigenvalue weighted by Crippen LogP contribution is 2.27. The summed E-state index contributed by atoms with van der Waals surface area (Å²) in [5, 5.41) is 4.30. The zero-order valence-electron chi connectivity index (χ0n) is 16.0. The van der Waals surface area contributed by atoms with E-state index in [0.29, 0.717) is 6.61 Å². The molecule has 148 valence electrons. The number of halogens is 1. The molecule has 1 aliphatic heterocycles. The molecule has 28 heavy (non-hydrogen) atoms. The van der Waals surface area contributed by atoms with E-state index in [1.165, 1.54) is 61.6 Å². The van der Waals surface area contributed by atoms with E-state index >= 15 is 0 Å². The molecule has 0 radical (unpaired) electrons. The number of ether oxygens (including phenoxy) is 1. The summed E-state index contributed by atoms with van der Waals surface area (Å²) in [7, 11) is 0. The Balaban J connectivity index is 1.22. The average Bonchev–Trinajstić information content (AvgIpc) is 3.11. The van der Waals surface area contributed by atoms with Crippen LogP contribution < -0.4 is 10.1 Å². The van der Waals surface area contributed by atoms with Gasteiger partial charge in [-0.25, -0.2) is 4.39 Å². The van der Waals surface area contributed by atoms with Crippen LogP contribution in [0.4, 0.5) is 10.2 Å². The maximum absolute atomic E-state index is 13.3. The first-order valence-electron chi connectivity index (χ1n) is 10.0. The zero-order valence-corrected chi connectivity index (χ0v) is 16.8. The predicted octanol–water partition coefficient (Wildman–Crippen LogP) is 5.30. The summed E-state index contributed by atoms with van der Waals surface area (Å²) in [6.07, 6.45) is 4.86. The van der Waals surface area contributed by atoms with E-state index in [1.54, 1.807) is 6.07 Å². The summed E-state index contributed by atoms with van der Waals surface area (Å²) in [6.45, 7) is 4.83. The van der Waals surface area contributed by atoms with Gasteiger partial charge < -0.3 is 10.1 Å². The number of fused-ring (bicyclic) bond motifs is 1. The molecule has 0 saturated carbocycles. The first-order valence-corrected chi connectivity index (χ1v) is 10.8. The molecule has 0 amide bonds. The molecular weight excluding hydrogens is 373 g/mol. The number of hydrogen-bond acceptors (Lipinski definition) is 5. The number of likely N-dealkylation sites (tertiary alicyclic amines) is 1. The lowest BCUT2D eigenvalue weighted by Crippen LogP contribution is -2.29. The van der Waals surface area contributed by atoms with Gasteiger partial charge in [-0.1, -0.05) is 18.6 Å². The SMILES string of the molecule is Fc1ccc2c(NCCCOc3cccc(CN4CCCCC4)c3)nsc2c1. The van der Waals surface area contributed by atoms with Crippen molar-refractivity contribution in [3.63, 3.8) is 0 Å². The van der Waals surface area contributed by atoms with Crippen molar-refractivity contribution in [2.24, 2.45) is 0 Å². The lowest BCUT2D eigenvalue weighted by Gasteiger charge is -2.26. The topological polar surface area (TPSA) is 37.4 Å². The quantitative estimate of drug-likeness (QED) is 0.522. The summed E-state index contributed by atoms with van der Waals surface area (Å²) in [4.78, 5) is 2.52. The Bertz CT molecular complexity index is 908. The number of nitrogens with one attached hydrogen (secondary N) is 1. The van der Waals surface area contributed by atoms with Crippen molar-refractivity contribution >= 4 is 27.4 Å². The lowest BCUT2D eigenvalue weighted by molar-refractivity contribution is 0.220. The second-order valence-electron chi connectivity index (χ2n) is 7.28. The number of hydrogen-bond donors (Lipinski definition) is 1. The maximum Gasteiger partial charge on any atom is 0.147 e. The third kappa shape index (κ3) is 5.00. The smallest absolute Gasteiger partial charge is 0.147 e. The molecule has 3 aromatic rings. The number of piperidine rings is 1. The Labute approximate surface area is 169 Å². The van der Waals surface area contributed by atoms with E-state index < -0.39 is 0 Å². The number of nitrogens with zero attached hydrogens (tertiary/aromatic N) is 2. The van der Waals surface area contributed by atoms with Gasteiger partial charge in [-0.05, 0) is 79.8 Å². The van der Waals surface area contributed by atoms with Crippen LogP contribution in [0.5, 0.6) is 5.75 Å². The van der Waals surface area contributed by atoms with E-state index in [9.17, 15) is 4.39 Å². The van der Waals surface area contributed by atoms with Crippen LogP contribution in [0.1, 0.15) is 31.2 Å². The molecule has 1 aromatic heterocycles. The van der Waals surface area contributed by atoms with Crippen LogP contribution in [0.3, 0.4) is 0 Å². The molecule has 0 bridgehead atoms. The fraction of sp³-hybridized carbons (Fsp3) is 0.409. The molecule has 6 heteroatoms. The molecule has 0 unspecified atom stereocenters. The molecule has 2 heterocycles. The molecule has 0 spiro atoms. The van der Waals surface area contributed by atoms with Gasteiger partial charge in [0.05, 0.1) is 11.3 Å². The lowest BCUT2D eigenvalue weighted by atomic mass is 10.1. The molecule has 1 N–H and O–H groups in total. The molecular formula is C22H26FN3OS. The Kier molecular flexibility index (Phi) is 6.39. The Morgan fingerprint density at radius 1 is 1.11 bits per heavy atom. The van der Waals surface area contributed by atoms with Crippen LogP contribution in [0.2, 0.25) is 0 Å². The predicted molar refractivity (Wildman–Crippen MR) is 114 cm³/mol. The standard InChI is InChI=1S/C22H26FN3OS/c23-18-8-9-20-21(15-18)28-25-22(20)24-10-5-13-27-19-7-4-6-17(14-19)16-26-11-2-1-3-12-26/h4,6-9,14-15H,1-3,5,10-13,16H2,(H,24,25). The van der Waals surface area contributed by atoms with Gasteiger partial charge in [0.1, 0.15) is 17.4 Å². The Hall–Kier alpha value is -2.18. The highest BCUT2D eigenvalue weighted by Gasteiger charge is 2.11. The van der Waals surface area contributed by atoms with Crippen molar-refractivity contribution in [3.05, 3.63) is 53.8 Å². The summed E-state index contributed by atoms with van der Waals surface area (Å²) in [6, 6.07) is 13.2. The summed E-state index contributed by atoms with van der Waals surface area (Å²) in [5.41, 5.74) is 1.32. The van der Waals surface area contributed by atoms with Crippen LogP contribution in [0.15, 0.2) is 42.5 Å². The van der Waals surface area contributed by atoms with Gasteiger partial charge in [-0.2, -0.15) is 4.37 Å². The van der Waals surface area contributed by atoms with Crippen LogP contribution in [0, 0.1) is 5.82 Å². The van der Waals surface area contributed by atoms with Gasteiger partial charge in [0, 0.05) is 18.5 Å². The Morgan fingerprint density at radius 3 is 2.89 bits per heavy atom. The van der Waals surface area contributed by atoms with Gasteiger partial charge in [0.15, 0.2) is 0 Å². The largest absolute Gasteiger partial charge is 0.494 e. The second kappa shape index (κ2) is 9.34. The molecule has 0 atom stereocenters. The average molecular weight is 400 g/mol. The first kappa shape index (κ1) is 19.2. The number of benzene rings is 2. The number of rotatable bonds is 8. The van der Waals surface area contributed by atoms with Gasteiger partial charge in [0.25, 0.3) is 0 Å². The van der Waals surface area contributed by atoms with Crippen LogP contribution in [-0.4, -0.2) is 35.5 Å². The van der Waals surface area contributed by atoms with E-state index in [4.69, 9.17) is 4.74 Å². The van der Waals surface area contributed by atoms with Crippen molar-refractivity contribution in [2.75, 3.05) is 31.6 Å². The van der Waals surface area contributed by atoms with Crippen molar-refractivity contribution in [1.82, 2.24) is 9.27 Å². The summed E-state index contributed by atoms with van der Waals surface area (Å²) >= 11 is 1.32. The van der Waals surface area contributed by atoms with E-state index in [2.05, 4.69) is 32.8 Å². The first-order chi connectivity index (χ1) is 13.8. The van der Waals surface area contributed by atoms with Gasteiger partial charge in [-0.15, -0.1) is 0 Å². The molecule has 4 rings (SSSR count). The minimum absolute atomic E-state index is 0.224. The number of aromatic nitrogens is 1. The van der Waals surface area contributed by atoms with Crippen molar-refractivity contribution in [1.29, 1.82) is 0 Å². The van der Waals surface area contributed by atoms with Gasteiger partial charge in [-0.3, -0.25) is 4.90 Å². The van der Waals surface area contributed by atoms with E-state index in [0.717, 1.165) is 41.2 Å². The fourth-order valence-corrected chi connectivity index (χ4v) is 4.40. The normalized spacial score (nSPS) is 15.0. The fourth-order valence-electron chi connectivity index (χ4n) is 3.62. The van der Waals surface area contributed by atoms with Crippen LogP contribution in [-0.2, 0) is 6.54 Å². The molecule has 0 aliphatic carbocycles. The maximum atomic E-state index is 13.3. The van der Waals surface area contributed by atoms with Crippen LogP contribution >= 0.6 is 11.5 Å². The van der Waals surface area contributed by atoms with Crippen molar-refractivity contribution in [2.45, 2.75) is 32.2 Å². The van der Waals surface area contributed by atoms with Gasteiger partial charge in [0.2, 0.25) is 0 Å². The minimum atomic E-state index is -0.224. The number of anilines is 1. The summed E-state index contributed by atoms with van der Waals surface area (Å²) < 4.78 is 24.4. The highest BCUT2D eigenvalue weighted by atomic mass is 32.1.